The summed E-state index contributed by atoms with van der Waals surface area (Å²) in [6, 6.07) is 0. The van der Waals surface area contributed by atoms with Crippen molar-refractivity contribution < 1.29 is 0 Å². The largest absolute Gasteiger partial charge is 0.252 e. The van der Waals surface area contributed by atoms with Crippen LogP contribution in [0.2, 0.25) is 0 Å². The first-order chi connectivity index (χ1) is 44.4. The van der Waals surface area contributed by atoms with Crippen molar-refractivity contribution in [3.8, 4) is 0 Å². The van der Waals surface area contributed by atoms with Crippen LogP contribution in [0.25, 0.3) is 0 Å². The Kier molecular flexibility index (Phi) is 52.0. The van der Waals surface area contributed by atoms with E-state index in [1.54, 1.807) is 0 Å². The molecule has 0 radical (unpaired) electrons. The van der Waals surface area contributed by atoms with E-state index >= 15 is 0 Å². The Balaban J connectivity index is 0.000000582. The van der Waals surface area contributed by atoms with Gasteiger partial charge in [0.05, 0.1) is 53.3 Å². The molecule has 0 unspecified atom stereocenters. The van der Waals surface area contributed by atoms with Gasteiger partial charge in [-0.2, -0.15) is 0 Å². The number of rotatable bonds is 48. The van der Waals surface area contributed by atoms with E-state index in [-0.39, 0.29) is 0 Å². The highest BCUT2D eigenvalue weighted by Gasteiger charge is 2.10. The third-order valence-corrected chi connectivity index (χ3v) is 17.1. The minimum atomic E-state index is 0.635. The Hall–Kier alpha value is -4.30. The molecule has 538 valence electrons. The van der Waals surface area contributed by atoms with Gasteiger partial charge in [0.15, 0.2) is 0 Å². The van der Waals surface area contributed by atoms with Crippen LogP contribution in [0.3, 0.4) is 0 Å². The van der Waals surface area contributed by atoms with Gasteiger partial charge in [0.25, 0.3) is 0 Å². The minimum Gasteiger partial charge on any atom is -0.252 e. The number of hydrogen-bond donors (Lipinski definition) is 0. The number of aryl methyl sites for hydroxylation is 9. The van der Waals surface area contributed by atoms with E-state index in [9.17, 15) is 0 Å². The highest BCUT2D eigenvalue weighted by molar-refractivity contribution is 4.97. The molecular formula is C78H151N15. The zero-order valence-corrected chi connectivity index (χ0v) is 64.7. The van der Waals surface area contributed by atoms with Crippen molar-refractivity contribution in [2.45, 2.75) is 383 Å². The molecule has 5 rings (SSSR count). The van der Waals surface area contributed by atoms with Gasteiger partial charge in [-0.15, -0.1) is 25.5 Å². The van der Waals surface area contributed by atoms with Crippen LogP contribution in [-0.4, -0.2) is 75.0 Å². The fraction of sp³-hybridized carbons (Fsp3) is 0.872. The molecule has 0 saturated carbocycles. The predicted molar refractivity (Wildman–Crippen MR) is 396 cm³/mol. The maximum Gasteiger partial charge on any atom is 0.0827 e. The normalized spacial score (nSPS) is 11.7. The molecule has 93 heavy (non-hydrogen) atoms. The molecule has 0 amide bonds. The van der Waals surface area contributed by atoms with Gasteiger partial charge in [-0.3, -0.25) is 4.68 Å². The number of unbranched alkanes of at least 4 members (excludes halogenated alkanes) is 12. The zero-order chi connectivity index (χ0) is 69.0. The second-order valence-corrected chi connectivity index (χ2v) is 31.7. The first kappa shape index (κ1) is 86.7. The summed E-state index contributed by atoms with van der Waals surface area (Å²) >= 11 is 0. The van der Waals surface area contributed by atoms with Gasteiger partial charge in [0.1, 0.15) is 0 Å². The van der Waals surface area contributed by atoms with Gasteiger partial charge >= 0.3 is 0 Å². The van der Waals surface area contributed by atoms with Crippen molar-refractivity contribution in [3.63, 3.8) is 0 Å². The molecule has 0 aliphatic rings. The van der Waals surface area contributed by atoms with E-state index in [1.165, 1.54) is 203 Å². The topological polar surface area (TPSA) is 154 Å². The molecule has 0 fully saturated rings. The highest BCUT2D eigenvalue weighted by Crippen LogP contribution is 2.18. The van der Waals surface area contributed by atoms with Crippen LogP contribution in [0.5, 0.6) is 0 Å². The molecule has 0 aliphatic heterocycles. The van der Waals surface area contributed by atoms with Gasteiger partial charge in [0, 0.05) is 38.9 Å². The van der Waals surface area contributed by atoms with E-state index < -0.39 is 0 Å². The lowest BCUT2D eigenvalue weighted by atomic mass is 10.0. The van der Waals surface area contributed by atoms with Gasteiger partial charge in [-0.05, 0) is 149 Å². The van der Waals surface area contributed by atoms with Gasteiger partial charge in [-0.1, -0.05) is 287 Å². The fourth-order valence-corrected chi connectivity index (χ4v) is 11.2. The Labute approximate surface area is 573 Å². The lowest BCUT2D eigenvalue weighted by molar-refractivity contribution is 0.472. The SMILES string of the molecule is CC(C)CCCCCCn1nncc1CCC(C)C.CC(C)CCCCCCn1nncc1CCC(C)C.CC(C)CCCCCc1cn(CC(C)C)nn1.CC(C)CCCCCn1nncc1CCCC(C)C.CC(C)CCCCCn1nncc1CCCC(C)C. The first-order valence-electron chi connectivity index (χ1n) is 38.8. The summed E-state index contributed by atoms with van der Waals surface area (Å²) in [5.74, 6) is 7.91. The molecule has 5 aromatic rings. The van der Waals surface area contributed by atoms with Crippen LogP contribution in [0.1, 0.15) is 347 Å². The predicted octanol–water partition coefficient (Wildman–Crippen LogP) is 21.6. The van der Waals surface area contributed by atoms with Crippen LogP contribution < -0.4 is 0 Å². The maximum atomic E-state index is 4.21. The first-order valence-corrected chi connectivity index (χ1v) is 38.8. The summed E-state index contributed by atoms with van der Waals surface area (Å²) in [6.07, 6.45) is 51.9. The third-order valence-electron chi connectivity index (χ3n) is 17.1. The molecule has 0 bridgehead atoms. The van der Waals surface area contributed by atoms with E-state index in [0.29, 0.717) is 5.92 Å². The van der Waals surface area contributed by atoms with E-state index in [1.807, 2.05) is 29.5 Å². The van der Waals surface area contributed by atoms with Crippen LogP contribution in [-0.2, 0) is 64.8 Å². The molecule has 0 N–H and O–H groups in total. The quantitative estimate of drug-likeness (QED) is 0.0344. The summed E-state index contributed by atoms with van der Waals surface area (Å²) < 4.78 is 10.4. The molecule has 5 heterocycles. The zero-order valence-electron chi connectivity index (χ0n) is 64.7. The Morgan fingerprint density at radius 3 is 0.796 bits per heavy atom. The smallest absolute Gasteiger partial charge is 0.0827 e. The Morgan fingerprint density at radius 2 is 0.505 bits per heavy atom. The second kappa shape index (κ2) is 55.8. The Bertz CT molecular complexity index is 2240. The van der Waals surface area contributed by atoms with Crippen LogP contribution in [0.4, 0.5) is 0 Å². The van der Waals surface area contributed by atoms with E-state index in [4.69, 9.17) is 0 Å². The Morgan fingerprint density at radius 1 is 0.247 bits per heavy atom. The number of nitrogens with zero attached hydrogens (tertiary/aromatic N) is 15. The summed E-state index contributed by atoms with van der Waals surface area (Å²) in [6.45, 7) is 50.7. The highest BCUT2D eigenvalue weighted by atomic mass is 15.4. The van der Waals surface area contributed by atoms with Crippen LogP contribution >= 0.6 is 0 Å². The van der Waals surface area contributed by atoms with Crippen molar-refractivity contribution >= 4 is 0 Å². The van der Waals surface area contributed by atoms with Gasteiger partial charge < -0.3 is 0 Å². The summed E-state index contributed by atoms with van der Waals surface area (Å²) in [5, 5.41) is 41.4. The molecule has 5 aromatic heterocycles. The maximum absolute atomic E-state index is 4.21. The van der Waals surface area contributed by atoms with Crippen molar-refractivity contribution in [2.75, 3.05) is 0 Å². The van der Waals surface area contributed by atoms with Crippen molar-refractivity contribution in [1.29, 1.82) is 0 Å². The summed E-state index contributed by atoms with van der Waals surface area (Å²) in [5.41, 5.74) is 6.37. The second-order valence-electron chi connectivity index (χ2n) is 31.7. The number of aromatic nitrogens is 15. The average molecular weight is 1300 g/mol. The number of hydrogen-bond acceptors (Lipinski definition) is 10. The molecule has 15 nitrogen and oxygen atoms in total. The van der Waals surface area contributed by atoms with Crippen LogP contribution in [0, 0.1) is 59.2 Å². The lowest BCUT2D eigenvalue weighted by Crippen LogP contribution is -2.06. The molecule has 0 aliphatic carbocycles. The lowest BCUT2D eigenvalue weighted by Gasteiger charge is -2.08. The van der Waals surface area contributed by atoms with Gasteiger partial charge in [0.2, 0.25) is 0 Å². The molecule has 0 saturated heterocycles. The van der Waals surface area contributed by atoms with Crippen molar-refractivity contribution in [1.82, 2.24) is 75.0 Å². The molecule has 0 spiro atoms. The molecule has 0 atom stereocenters. The van der Waals surface area contributed by atoms with E-state index in [0.717, 1.165) is 124 Å². The third kappa shape index (κ3) is 50.7. The molecular weight excluding hydrogens is 1150 g/mol. The summed E-state index contributed by atoms with van der Waals surface area (Å²) in [7, 11) is 0. The van der Waals surface area contributed by atoms with Crippen molar-refractivity contribution in [2.24, 2.45) is 59.2 Å². The van der Waals surface area contributed by atoms with E-state index in [2.05, 4.69) is 215 Å². The summed E-state index contributed by atoms with van der Waals surface area (Å²) in [4.78, 5) is 0. The molecule has 15 heteroatoms. The van der Waals surface area contributed by atoms with Crippen LogP contribution in [0.15, 0.2) is 31.0 Å². The van der Waals surface area contributed by atoms with Crippen molar-refractivity contribution in [3.05, 3.63) is 59.5 Å². The minimum absolute atomic E-state index is 0.635. The molecule has 0 aromatic carbocycles. The standard InChI is InChI=1S/4C16H31N3.C14H27N3/c2*1-14(2)9-6-5-7-12-19-16(13-17-18-19)11-8-10-15(3)4;2*1-14(2)9-7-5-6-8-12-19-16(13-17-18-19)11-10-15(3)4;1-12(2)8-6-5-7-9-14-11-17(16-15-14)10-13(3)4/h4*13-15H,5-12H2,1-4H3;11-13H,5-10H2,1-4H3. The average Bonchev–Trinajstić information content (AvgIpc) is 2.41. The van der Waals surface area contributed by atoms with Gasteiger partial charge in [-0.25, -0.2) is 18.7 Å². The monoisotopic (exact) mass is 1300 g/mol. The fourth-order valence-electron chi connectivity index (χ4n) is 11.2.